The van der Waals surface area contributed by atoms with Gasteiger partial charge in [-0.3, -0.25) is 0 Å². The summed E-state index contributed by atoms with van der Waals surface area (Å²) in [6.07, 6.45) is 5.65. The minimum Gasteiger partial charge on any atom is -0.496 e. The molecule has 1 unspecified atom stereocenters. The average molecular weight is 234 g/mol. The molecule has 0 amide bonds. The molecule has 0 aromatic heterocycles. The lowest BCUT2D eigenvalue weighted by Crippen LogP contribution is -2.06. The van der Waals surface area contributed by atoms with Gasteiger partial charge in [-0.05, 0) is 49.3 Å². The standard InChI is InChI=1S/C15H22O2/c1-11(16)9-12-7-8-15(17-2)14(10-12)13-5-3-4-6-13/h7-8,10-11,13,16H,3-6,9H2,1-2H3. The zero-order valence-corrected chi connectivity index (χ0v) is 10.8. The van der Waals surface area contributed by atoms with Crippen molar-refractivity contribution in [2.24, 2.45) is 0 Å². The van der Waals surface area contributed by atoms with Gasteiger partial charge < -0.3 is 9.84 Å². The fourth-order valence-electron chi connectivity index (χ4n) is 2.81. The number of ether oxygens (including phenoxy) is 1. The fourth-order valence-corrected chi connectivity index (χ4v) is 2.81. The van der Waals surface area contributed by atoms with Crippen LogP contribution in [0.4, 0.5) is 0 Å². The Balaban J connectivity index is 2.25. The first-order valence-corrected chi connectivity index (χ1v) is 6.55. The number of aliphatic hydroxyl groups is 1. The topological polar surface area (TPSA) is 29.5 Å². The summed E-state index contributed by atoms with van der Waals surface area (Å²) in [6, 6.07) is 6.33. The second-order valence-corrected chi connectivity index (χ2v) is 5.11. The number of rotatable bonds is 4. The highest BCUT2D eigenvalue weighted by Gasteiger charge is 2.20. The monoisotopic (exact) mass is 234 g/mol. The Morgan fingerprint density at radius 2 is 2.06 bits per heavy atom. The van der Waals surface area contributed by atoms with Gasteiger partial charge in [0.25, 0.3) is 0 Å². The molecule has 0 radical (unpaired) electrons. The maximum atomic E-state index is 9.46. The molecule has 0 bridgehead atoms. The van der Waals surface area contributed by atoms with Gasteiger partial charge in [0.05, 0.1) is 13.2 Å². The van der Waals surface area contributed by atoms with Gasteiger partial charge in [-0.25, -0.2) is 0 Å². The third-order valence-corrected chi connectivity index (χ3v) is 3.62. The Bertz CT molecular complexity index is 365. The highest BCUT2D eigenvalue weighted by atomic mass is 16.5. The van der Waals surface area contributed by atoms with Gasteiger partial charge in [0.2, 0.25) is 0 Å². The number of hydrogen-bond acceptors (Lipinski definition) is 2. The van der Waals surface area contributed by atoms with Gasteiger partial charge in [0.15, 0.2) is 0 Å². The van der Waals surface area contributed by atoms with E-state index in [1.807, 2.05) is 13.0 Å². The number of methoxy groups -OCH3 is 1. The summed E-state index contributed by atoms with van der Waals surface area (Å²) in [6.45, 7) is 1.83. The molecule has 94 valence electrons. The summed E-state index contributed by atoms with van der Waals surface area (Å²) >= 11 is 0. The van der Waals surface area contributed by atoms with Crippen LogP contribution in [0.25, 0.3) is 0 Å². The van der Waals surface area contributed by atoms with Crippen molar-refractivity contribution in [3.05, 3.63) is 29.3 Å². The molecule has 17 heavy (non-hydrogen) atoms. The average Bonchev–Trinajstić information content (AvgIpc) is 2.81. The van der Waals surface area contributed by atoms with E-state index in [1.54, 1.807) is 7.11 Å². The Hall–Kier alpha value is -1.02. The third kappa shape index (κ3) is 3.01. The van der Waals surface area contributed by atoms with Gasteiger partial charge in [-0.15, -0.1) is 0 Å². The van der Waals surface area contributed by atoms with E-state index in [-0.39, 0.29) is 6.10 Å². The molecule has 2 nitrogen and oxygen atoms in total. The molecule has 1 fully saturated rings. The summed E-state index contributed by atoms with van der Waals surface area (Å²) in [5.74, 6) is 1.66. The van der Waals surface area contributed by atoms with Crippen molar-refractivity contribution in [1.29, 1.82) is 0 Å². The fraction of sp³-hybridized carbons (Fsp3) is 0.600. The van der Waals surface area contributed by atoms with Crippen LogP contribution in [0.1, 0.15) is 49.7 Å². The molecular weight excluding hydrogens is 212 g/mol. The van der Waals surface area contributed by atoms with Crippen molar-refractivity contribution < 1.29 is 9.84 Å². The molecule has 1 aliphatic carbocycles. The van der Waals surface area contributed by atoms with Crippen molar-refractivity contribution in [3.63, 3.8) is 0 Å². The van der Waals surface area contributed by atoms with Crippen molar-refractivity contribution in [1.82, 2.24) is 0 Å². The molecule has 1 aromatic carbocycles. The van der Waals surface area contributed by atoms with Crippen LogP contribution in [0.2, 0.25) is 0 Å². The minimum absolute atomic E-state index is 0.278. The van der Waals surface area contributed by atoms with Crippen LogP contribution in [0.15, 0.2) is 18.2 Å². The summed E-state index contributed by atoms with van der Waals surface area (Å²) in [4.78, 5) is 0. The molecule has 1 aliphatic rings. The highest BCUT2D eigenvalue weighted by Crippen LogP contribution is 2.39. The van der Waals surface area contributed by atoms with Gasteiger partial charge in [-0.1, -0.05) is 25.0 Å². The molecule has 2 rings (SSSR count). The summed E-state index contributed by atoms with van der Waals surface area (Å²) < 4.78 is 5.46. The number of benzene rings is 1. The van der Waals surface area contributed by atoms with Crippen LogP contribution in [0, 0.1) is 0 Å². The summed E-state index contributed by atoms with van der Waals surface area (Å²) in [7, 11) is 1.74. The maximum Gasteiger partial charge on any atom is 0.122 e. The van der Waals surface area contributed by atoms with E-state index >= 15 is 0 Å². The molecule has 0 aliphatic heterocycles. The Morgan fingerprint density at radius 1 is 1.35 bits per heavy atom. The predicted octanol–water partition coefficient (Wildman–Crippen LogP) is 3.28. The van der Waals surface area contributed by atoms with Crippen LogP contribution in [-0.4, -0.2) is 18.3 Å². The molecule has 2 heteroatoms. The van der Waals surface area contributed by atoms with E-state index < -0.39 is 0 Å². The molecule has 0 heterocycles. The smallest absolute Gasteiger partial charge is 0.122 e. The normalized spacial score (nSPS) is 18.3. The molecule has 1 atom stereocenters. The van der Waals surface area contributed by atoms with Gasteiger partial charge >= 0.3 is 0 Å². The first-order valence-electron chi connectivity index (χ1n) is 6.55. The summed E-state index contributed by atoms with van der Waals surface area (Å²) in [5.41, 5.74) is 2.55. The highest BCUT2D eigenvalue weighted by molar-refractivity contribution is 5.40. The first kappa shape index (κ1) is 12.4. The molecule has 1 saturated carbocycles. The zero-order chi connectivity index (χ0) is 12.3. The van der Waals surface area contributed by atoms with Crippen LogP contribution in [0.3, 0.4) is 0 Å². The van der Waals surface area contributed by atoms with Crippen LogP contribution in [-0.2, 0) is 6.42 Å². The number of hydrogen-bond donors (Lipinski definition) is 1. The van der Waals surface area contributed by atoms with Crippen molar-refractivity contribution >= 4 is 0 Å². The predicted molar refractivity (Wildman–Crippen MR) is 69.6 cm³/mol. The molecule has 0 spiro atoms. The molecule has 1 N–H and O–H groups in total. The minimum atomic E-state index is -0.278. The van der Waals surface area contributed by atoms with E-state index in [9.17, 15) is 5.11 Å². The van der Waals surface area contributed by atoms with Crippen molar-refractivity contribution in [2.45, 2.75) is 51.0 Å². The molecule has 1 aromatic rings. The SMILES string of the molecule is COc1ccc(CC(C)O)cc1C1CCCC1. The largest absolute Gasteiger partial charge is 0.496 e. The van der Waals surface area contributed by atoms with Crippen molar-refractivity contribution in [2.75, 3.05) is 7.11 Å². The quantitative estimate of drug-likeness (QED) is 0.866. The molecular formula is C15H22O2. The first-order chi connectivity index (χ1) is 8.20. The van der Waals surface area contributed by atoms with E-state index in [4.69, 9.17) is 4.74 Å². The lowest BCUT2D eigenvalue weighted by atomic mass is 9.93. The second-order valence-electron chi connectivity index (χ2n) is 5.11. The zero-order valence-electron chi connectivity index (χ0n) is 10.8. The second kappa shape index (κ2) is 5.54. The third-order valence-electron chi connectivity index (χ3n) is 3.62. The van der Waals surface area contributed by atoms with Gasteiger partial charge in [0, 0.05) is 0 Å². The van der Waals surface area contributed by atoms with Crippen LogP contribution < -0.4 is 4.74 Å². The van der Waals surface area contributed by atoms with E-state index in [0.29, 0.717) is 5.92 Å². The van der Waals surface area contributed by atoms with Gasteiger partial charge in [0.1, 0.15) is 5.75 Å². The summed E-state index contributed by atoms with van der Waals surface area (Å²) in [5, 5.41) is 9.46. The lowest BCUT2D eigenvalue weighted by molar-refractivity contribution is 0.195. The van der Waals surface area contributed by atoms with Crippen LogP contribution >= 0.6 is 0 Å². The lowest BCUT2D eigenvalue weighted by Gasteiger charge is -2.16. The van der Waals surface area contributed by atoms with Gasteiger partial charge in [-0.2, -0.15) is 0 Å². The maximum absolute atomic E-state index is 9.46. The Morgan fingerprint density at radius 3 is 2.65 bits per heavy atom. The molecule has 0 saturated heterocycles. The Kier molecular flexibility index (Phi) is 4.06. The van der Waals surface area contributed by atoms with Crippen LogP contribution in [0.5, 0.6) is 5.75 Å². The van der Waals surface area contributed by atoms with E-state index in [0.717, 1.165) is 12.2 Å². The van der Waals surface area contributed by atoms with E-state index in [2.05, 4.69) is 12.1 Å². The van der Waals surface area contributed by atoms with Crippen molar-refractivity contribution in [3.8, 4) is 5.75 Å². The van der Waals surface area contributed by atoms with E-state index in [1.165, 1.54) is 36.8 Å². The Labute approximate surface area is 104 Å². The number of aliphatic hydroxyl groups excluding tert-OH is 1.